The number of hydrogen-bond donors (Lipinski definition) is 0. The molecule has 0 radical (unpaired) electrons. The zero-order chi connectivity index (χ0) is 30.4. The molecule has 0 aliphatic rings. The molecule has 42 heavy (non-hydrogen) atoms. The van der Waals surface area contributed by atoms with Gasteiger partial charge in [-0.15, -0.1) is 0 Å². The van der Waals surface area contributed by atoms with Gasteiger partial charge in [0.05, 0.1) is 22.5 Å². The first-order valence-corrected chi connectivity index (χ1v) is 13.1. The van der Waals surface area contributed by atoms with Gasteiger partial charge in [-0.2, -0.15) is 26.3 Å². The summed E-state index contributed by atoms with van der Waals surface area (Å²) in [5, 5.41) is 2.10. The number of hydrogen-bond acceptors (Lipinski definition) is 2. The number of aromatic nitrogens is 4. The van der Waals surface area contributed by atoms with E-state index < -0.39 is 23.5 Å². The predicted octanol–water partition coefficient (Wildman–Crippen LogP) is 9.82. The number of aryl methyl sites for hydroxylation is 2. The van der Waals surface area contributed by atoms with Gasteiger partial charge in [0.25, 0.3) is 0 Å². The van der Waals surface area contributed by atoms with Crippen molar-refractivity contribution in [2.75, 3.05) is 0 Å². The molecule has 0 fully saturated rings. The van der Waals surface area contributed by atoms with Crippen molar-refractivity contribution in [1.82, 2.24) is 19.1 Å². The molecule has 0 aliphatic carbocycles. The number of benzene rings is 2. The molecule has 4 aromatic heterocycles. The van der Waals surface area contributed by atoms with Gasteiger partial charge in [-0.1, -0.05) is 59.6 Å². The van der Waals surface area contributed by atoms with Gasteiger partial charge < -0.3 is 9.13 Å². The summed E-state index contributed by atoms with van der Waals surface area (Å²) < 4.78 is 82.1. The monoisotopic (exact) mass is 620 g/mol. The van der Waals surface area contributed by atoms with Crippen molar-refractivity contribution in [3.63, 3.8) is 0 Å². The molecular formula is C30H20Cl2F6N4. The summed E-state index contributed by atoms with van der Waals surface area (Å²) in [6.45, 7) is 0. The SMILES string of the molecule is Cn1c(-c2ccccc2C(F)(F)F)cc2ccc(Cl)nc21.Cn1c(-c2ccccc2C(F)(F)F)cc2ccc(Cl)nc21. The van der Waals surface area contributed by atoms with Crippen molar-refractivity contribution < 1.29 is 26.3 Å². The summed E-state index contributed by atoms with van der Waals surface area (Å²) in [6, 6.07) is 21.1. The van der Waals surface area contributed by atoms with Crippen LogP contribution < -0.4 is 0 Å². The maximum atomic E-state index is 13.1. The topological polar surface area (TPSA) is 35.6 Å². The predicted molar refractivity (Wildman–Crippen MR) is 152 cm³/mol. The van der Waals surface area contributed by atoms with E-state index in [4.69, 9.17) is 23.2 Å². The normalized spacial score (nSPS) is 12.0. The summed E-state index contributed by atoms with van der Waals surface area (Å²) in [6.07, 6.45) is -8.81. The second kappa shape index (κ2) is 11.0. The lowest BCUT2D eigenvalue weighted by atomic mass is 10.0. The summed E-state index contributed by atoms with van der Waals surface area (Å²) in [7, 11) is 3.35. The number of fused-ring (bicyclic) bond motifs is 2. The molecule has 12 heteroatoms. The molecule has 2 aromatic carbocycles. The van der Waals surface area contributed by atoms with Gasteiger partial charge in [-0.25, -0.2) is 9.97 Å². The number of halogens is 8. The first kappa shape index (κ1) is 29.5. The minimum absolute atomic E-state index is 0.127. The van der Waals surface area contributed by atoms with Crippen LogP contribution in [-0.2, 0) is 26.4 Å². The first-order valence-electron chi connectivity index (χ1n) is 12.3. The Hall–Kier alpha value is -4.02. The second-order valence-electron chi connectivity index (χ2n) is 9.36. The zero-order valence-corrected chi connectivity index (χ0v) is 23.4. The molecule has 0 saturated carbocycles. The molecule has 0 amide bonds. The molecule has 4 heterocycles. The van der Waals surface area contributed by atoms with Crippen LogP contribution in [0.4, 0.5) is 26.3 Å². The van der Waals surface area contributed by atoms with Crippen molar-refractivity contribution >= 4 is 45.3 Å². The van der Waals surface area contributed by atoms with Crippen LogP contribution in [0.3, 0.4) is 0 Å². The van der Waals surface area contributed by atoms with Crippen molar-refractivity contribution in [3.05, 3.63) is 106 Å². The van der Waals surface area contributed by atoms with E-state index in [2.05, 4.69) is 9.97 Å². The summed E-state index contributed by atoms with van der Waals surface area (Å²) in [5.41, 5.74) is 0.927. The van der Waals surface area contributed by atoms with Crippen LogP contribution in [0.5, 0.6) is 0 Å². The van der Waals surface area contributed by atoms with E-state index in [1.807, 2.05) is 0 Å². The molecule has 0 atom stereocenters. The van der Waals surface area contributed by atoms with Gasteiger partial charge in [0.2, 0.25) is 0 Å². The van der Waals surface area contributed by atoms with Gasteiger partial charge in [-0.05, 0) is 48.5 Å². The van der Waals surface area contributed by atoms with Crippen LogP contribution in [0, 0.1) is 0 Å². The Kier molecular flexibility index (Phi) is 7.72. The Labute approximate surface area is 245 Å². The quantitative estimate of drug-likeness (QED) is 0.143. The highest BCUT2D eigenvalue weighted by Gasteiger charge is 2.35. The third-order valence-corrected chi connectivity index (χ3v) is 7.12. The van der Waals surface area contributed by atoms with E-state index in [-0.39, 0.29) is 11.1 Å². The lowest BCUT2D eigenvalue weighted by Gasteiger charge is -2.13. The van der Waals surface area contributed by atoms with Crippen molar-refractivity contribution in [2.24, 2.45) is 14.1 Å². The molecular weight excluding hydrogens is 601 g/mol. The lowest BCUT2D eigenvalue weighted by Crippen LogP contribution is -2.08. The largest absolute Gasteiger partial charge is 0.417 e. The molecule has 0 spiro atoms. The smallest absolute Gasteiger partial charge is 0.328 e. The minimum atomic E-state index is -4.40. The maximum absolute atomic E-state index is 13.1. The van der Waals surface area contributed by atoms with E-state index >= 15 is 0 Å². The number of alkyl halides is 6. The standard InChI is InChI=1S/2C15H10ClF3N2/c2*1-21-12(8-9-6-7-13(16)20-14(9)21)10-4-2-3-5-11(10)15(17,18)19/h2*2-8H,1H3. The molecule has 4 nitrogen and oxygen atoms in total. The molecule has 0 aliphatic heterocycles. The number of rotatable bonds is 2. The molecule has 6 aromatic rings. The molecule has 216 valence electrons. The van der Waals surface area contributed by atoms with Gasteiger partial charge in [0.15, 0.2) is 0 Å². The van der Waals surface area contributed by atoms with E-state index in [9.17, 15) is 26.3 Å². The highest BCUT2D eigenvalue weighted by atomic mass is 35.5. The molecule has 0 bridgehead atoms. The van der Waals surface area contributed by atoms with E-state index in [0.717, 1.165) is 22.9 Å². The fourth-order valence-corrected chi connectivity index (χ4v) is 5.06. The van der Waals surface area contributed by atoms with E-state index in [1.165, 1.54) is 24.3 Å². The van der Waals surface area contributed by atoms with Crippen molar-refractivity contribution in [3.8, 4) is 22.5 Å². The average molecular weight is 621 g/mol. The van der Waals surface area contributed by atoms with Crippen LogP contribution in [0.2, 0.25) is 10.3 Å². The Bertz CT molecular complexity index is 1780. The van der Waals surface area contributed by atoms with Crippen LogP contribution in [-0.4, -0.2) is 19.1 Å². The highest BCUT2D eigenvalue weighted by molar-refractivity contribution is 6.30. The second-order valence-corrected chi connectivity index (χ2v) is 10.1. The number of nitrogens with zero attached hydrogens (tertiary/aromatic N) is 4. The minimum Gasteiger partial charge on any atom is -0.328 e. The fraction of sp³-hybridized carbons (Fsp3) is 0.133. The third kappa shape index (κ3) is 5.69. The van der Waals surface area contributed by atoms with Crippen LogP contribution >= 0.6 is 23.2 Å². The van der Waals surface area contributed by atoms with Gasteiger partial charge in [-0.3, -0.25) is 0 Å². The highest BCUT2D eigenvalue weighted by Crippen LogP contribution is 2.39. The van der Waals surface area contributed by atoms with E-state index in [1.54, 1.807) is 71.8 Å². The summed E-state index contributed by atoms with van der Waals surface area (Å²) >= 11 is 11.7. The molecule has 0 unspecified atom stereocenters. The maximum Gasteiger partial charge on any atom is 0.417 e. The van der Waals surface area contributed by atoms with E-state index in [0.29, 0.717) is 33.0 Å². The number of pyridine rings is 2. The Balaban J connectivity index is 0.000000168. The van der Waals surface area contributed by atoms with Gasteiger partial charge in [0.1, 0.15) is 21.6 Å². The first-order chi connectivity index (χ1) is 19.8. The molecule has 6 rings (SSSR count). The Morgan fingerprint density at radius 1 is 0.548 bits per heavy atom. The van der Waals surface area contributed by atoms with Crippen LogP contribution in [0.1, 0.15) is 11.1 Å². The van der Waals surface area contributed by atoms with Gasteiger partial charge >= 0.3 is 12.4 Å². The third-order valence-electron chi connectivity index (χ3n) is 6.70. The Morgan fingerprint density at radius 3 is 1.26 bits per heavy atom. The van der Waals surface area contributed by atoms with Crippen LogP contribution in [0.15, 0.2) is 84.9 Å². The Morgan fingerprint density at radius 2 is 0.905 bits per heavy atom. The zero-order valence-electron chi connectivity index (χ0n) is 21.9. The van der Waals surface area contributed by atoms with Gasteiger partial charge in [0, 0.05) is 36.0 Å². The van der Waals surface area contributed by atoms with Crippen LogP contribution in [0.25, 0.3) is 44.6 Å². The molecule has 0 saturated heterocycles. The summed E-state index contributed by atoms with van der Waals surface area (Å²) in [5.74, 6) is 0. The summed E-state index contributed by atoms with van der Waals surface area (Å²) in [4.78, 5) is 8.32. The average Bonchev–Trinajstić information content (AvgIpc) is 3.44. The lowest BCUT2D eigenvalue weighted by molar-refractivity contribution is -0.137. The van der Waals surface area contributed by atoms with Crippen molar-refractivity contribution in [1.29, 1.82) is 0 Å². The molecule has 0 N–H and O–H groups in total. The van der Waals surface area contributed by atoms with Crippen molar-refractivity contribution in [2.45, 2.75) is 12.4 Å². The fourth-order valence-electron chi connectivity index (χ4n) is 4.78.